The monoisotopic (exact) mass is 365 g/mol. The minimum Gasteiger partial charge on any atom is -0.424 e. The molecule has 0 saturated carbocycles. The van der Waals surface area contributed by atoms with Crippen LogP contribution >= 0.6 is 0 Å². The van der Waals surface area contributed by atoms with E-state index in [2.05, 4.69) is 0 Å². The van der Waals surface area contributed by atoms with Gasteiger partial charge in [0.15, 0.2) is 5.75 Å². The van der Waals surface area contributed by atoms with Crippen molar-refractivity contribution in [2.75, 3.05) is 4.90 Å². The lowest BCUT2D eigenvalue weighted by molar-refractivity contribution is -0.132. The molecule has 0 atom stereocenters. The number of amides is 2. The van der Waals surface area contributed by atoms with Crippen molar-refractivity contribution >= 4 is 44.4 Å². The molecule has 1 N–H and O–H groups in total. The van der Waals surface area contributed by atoms with E-state index >= 15 is 0 Å². The molecule has 2 aromatic rings. The van der Waals surface area contributed by atoms with Crippen molar-refractivity contribution in [3.8, 4) is 5.75 Å². The Labute approximate surface area is 143 Å². The third-order valence-corrected chi connectivity index (χ3v) is 4.22. The molecular formula is C16H15NO7S. The van der Waals surface area contributed by atoms with E-state index in [4.69, 9.17) is 4.74 Å². The fraction of sp³-hybridized carbons (Fsp3) is 0.188. The van der Waals surface area contributed by atoms with E-state index in [-0.39, 0.29) is 22.2 Å². The summed E-state index contributed by atoms with van der Waals surface area (Å²) in [5.74, 6) is -2.41. The average molecular weight is 365 g/mol. The Balaban J connectivity index is 3.04. The van der Waals surface area contributed by atoms with Crippen molar-refractivity contribution in [2.24, 2.45) is 0 Å². The van der Waals surface area contributed by atoms with Crippen molar-refractivity contribution in [1.29, 1.82) is 0 Å². The van der Waals surface area contributed by atoms with Gasteiger partial charge in [-0.05, 0) is 0 Å². The summed E-state index contributed by atoms with van der Waals surface area (Å²) in [6.07, 6.45) is 0. The van der Waals surface area contributed by atoms with Crippen molar-refractivity contribution in [2.45, 2.75) is 25.7 Å². The Kier molecular flexibility index (Phi) is 4.91. The zero-order valence-electron chi connectivity index (χ0n) is 13.6. The summed E-state index contributed by atoms with van der Waals surface area (Å²) in [5, 5.41) is 0.225. The van der Waals surface area contributed by atoms with Gasteiger partial charge in [-0.2, -0.15) is 8.42 Å². The predicted octanol–water partition coefficient (Wildman–Crippen LogP) is 1.91. The molecule has 2 rings (SSSR count). The number of anilines is 1. The van der Waals surface area contributed by atoms with E-state index < -0.39 is 32.8 Å². The molecule has 0 aromatic heterocycles. The molecular weight excluding hydrogens is 350 g/mol. The second-order valence-electron chi connectivity index (χ2n) is 5.21. The summed E-state index contributed by atoms with van der Waals surface area (Å²) < 4.78 is 37.9. The average Bonchev–Trinajstić information content (AvgIpc) is 2.46. The van der Waals surface area contributed by atoms with Crippen LogP contribution in [-0.4, -0.2) is 30.8 Å². The summed E-state index contributed by atoms with van der Waals surface area (Å²) in [5.41, 5.74) is -0.0711. The first-order valence-corrected chi connectivity index (χ1v) is 8.51. The number of imide groups is 1. The maximum atomic E-state index is 11.9. The number of benzene rings is 2. The molecule has 9 heteroatoms. The molecule has 0 radical (unpaired) electrons. The summed E-state index contributed by atoms with van der Waals surface area (Å²) in [6.45, 7) is 3.37. The van der Waals surface area contributed by atoms with Crippen LogP contribution in [0.5, 0.6) is 5.75 Å². The van der Waals surface area contributed by atoms with Crippen LogP contribution in [0.15, 0.2) is 35.2 Å². The first-order valence-electron chi connectivity index (χ1n) is 7.07. The Morgan fingerprint density at radius 3 is 1.96 bits per heavy atom. The van der Waals surface area contributed by atoms with Gasteiger partial charge in [-0.15, -0.1) is 0 Å². The van der Waals surface area contributed by atoms with Gasteiger partial charge < -0.3 is 4.74 Å². The van der Waals surface area contributed by atoms with E-state index in [1.165, 1.54) is 18.2 Å². The largest absolute Gasteiger partial charge is 0.424 e. The molecule has 0 spiro atoms. The molecule has 0 unspecified atom stereocenters. The molecule has 0 aliphatic rings. The highest BCUT2D eigenvalue weighted by atomic mass is 32.2. The SMILES string of the molecule is CC(=O)Oc1cc(S(=O)(=O)O)c2ccccc2c1N(C(C)=O)C(C)=O. The highest BCUT2D eigenvalue weighted by Gasteiger charge is 2.28. The van der Waals surface area contributed by atoms with Gasteiger partial charge in [0.25, 0.3) is 10.1 Å². The van der Waals surface area contributed by atoms with Crippen LogP contribution in [-0.2, 0) is 24.5 Å². The molecule has 2 amide bonds. The van der Waals surface area contributed by atoms with Crippen molar-refractivity contribution in [1.82, 2.24) is 0 Å². The fourth-order valence-electron chi connectivity index (χ4n) is 2.52. The van der Waals surface area contributed by atoms with Crippen LogP contribution in [0, 0.1) is 0 Å². The van der Waals surface area contributed by atoms with E-state index in [9.17, 15) is 27.4 Å². The molecule has 2 aromatic carbocycles. The van der Waals surface area contributed by atoms with Crippen LogP contribution in [0.3, 0.4) is 0 Å². The molecule has 132 valence electrons. The molecule has 8 nitrogen and oxygen atoms in total. The quantitative estimate of drug-likeness (QED) is 0.501. The lowest BCUT2D eigenvalue weighted by Gasteiger charge is -2.23. The summed E-state index contributed by atoms with van der Waals surface area (Å²) in [6, 6.07) is 6.84. The topological polar surface area (TPSA) is 118 Å². The van der Waals surface area contributed by atoms with Gasteiger partial charge in [0, 0.05) is 37.6 Å². The maximum absolute atomic E-state index is 11.9. The molecule has 25 heavy (non-hydrogen) atoms. The van der Waals surface area contributed by atoms with Crippen molar-refractivity contribution in [3.63, 3.8) is 0 Å². The first-order chi connectivity index (χ1) is 11.5. The number of hydrogen-bond acceptors (Lipinski definition) is 6. The van der Waals surface area contributed by atoms with Gasteiger partial charge in [0.2, 0.25) is 11.8 Å². The minimum atomic E-state index is -4.65. The second-order valence-corrected chi connectivity index (χ2v) is 6.60. The van der Waals surface area contributed by atoms with Crippen molar-refractivity contribution < 1.29 is 32.1 Å². The number of esters is 1. The standard InChI is InChI=1S/C16H15NO7S/c1-9(18)17(10(2)19)16-13-7-5-4-6-12(13)15(25(21,22)23)8-14(16)24-11(3)20/h4-8H,1-3H3,(H,21,22,23). The Morgan fingerprint density at radius 1 is 1.00 bits per heavy atom. The van der Waals surface area contributed by atoms with E-state index in [0.29, 0.717) is 0 Å². The van der Waals surface area contributed by atoms with Crippen LogP contribution in [0.2, 0.25) is 0 Å². The number of carbonyl (C=O) groups excluding carboxylic acids is 3. The molecule has 0 aliphatic heterocycles. The molecule has 0 heterocycles. The number of ether oxygens (including phenoxy) is 1. The van der Waals surface area contributed by atoms with Crippen LogP contribution in [0.25, 0.3) is 10.8 Å². The number of fused-ring (bicyclic) bond motifs is 1. The van der Waals surface area contributed by atoms with E-state index in [0.717, 1.165) is 31.7 Å². The zero-order chi connectivity index (χ0) is 18.9. The Morgan fingerprint density at radius 2 is 1.52 bits per heavy atom. The normalized spacial score (nSPS) is 11.2. The molecule has 0 saturated heterocycles. The van der Waals surface area contributed by atoms with E-state index in [1.54, 1.807) is 6.07 Å². The highest BCUT2D eigenvalue weighted by Crippen LogP contribution is 2.40. The summed E-state index contributed by atoms with van der Waals surface area (Å²) >= 11 is 0. The lowest BCUT2D eigenvalue weighted by atomic mass is 10.1. The molecule has 0 aliphatic carbocycles. The lowest BCUT2D eigenvalue weighted by Crippen LogP contribution is -2.34. The Hall–Kier alpha value is -2.78. The fourth-order valence-corrected chi connectivity index (χ4v) is 3.23. The van der Waals surface area contributed by atoms with Gasteiger partial charge >= 0.3 is 5.97 Å². The van der Waals surface area contributed by atoms with Crippen LogP contribution < -0.4 is 9.64 Å². The van der Waals surface area contributed by atoms with Gasteiger partial charge in [-0.25, -0.2) is 4.90 Å². The number of rotatable bonds is 3. The third kappa shape index (κ3) is 3.67. The number of carbonyl (C=O) groups is 3. The molecule has 0 fully saturated rings. The summed E-state index contributed by atoms with van der Waals surface area (Å²) in [7, 11) is -4.65. The van der Waals surface area contributed by atoms with Gasteiger partial charge in [0.1, 0.15) is 10.6 Å². The maximum Gasteiger partial charge on any atom is 0.308 e. The van der Waals surface area contributed by atoms with Crippen molar-refractivity contribution in [3.05, 3.63) is 30.3 Å². The summed E-state index contributed by atoms with van der Waals surface area (Å²) in [4.78, 5) is 35.6. The number of nitrogens with zero attached hydrogens (tertiary/aromatic N) is 1. The first kappa shape index (κ1) is 18.6. The highest BCUT2D eigenvalue weighted by molar-refractivity contribution is 7.86. The van der Waals surface area contributed by atoms with Crippen LogP contribution in [0.4, 0.5) is 5.69 Å². The number of hydrogen-bond donors (Lipinski definition) is 1. The van der Waals surface area contributed by atoms with Gasteiger partial charge in [-0.3, -0.25) is 18.9 Å². The van der Waals surface area contributed by atoms with E-state index in [1.807, 2.05) is 0 Å². The van der Waals surface area contributed by atoms with Crippen LogP contribution in [0.1, 0.15) is 20.8 Å². The molecule has 0 bridgehead atoms. The minimum absolute atomic E-state index is 0.0711. The second kappa shape index (κ2) is 6.61. The zero-order valence-corrected chi connectivity index (χ0v) is 14.5. The Bertz CT molecular complexity index is 981. The van der Waals surface area contributed by atoms with Gasteiger partial charge in [-0.1, -0.05) is 24.3 Å². The smallest absolute Gasteiger partial charge is 0.308 e. The van der Waals surface area contributed by atoms with Gasteiger partial charge in [0.05, 0.1) is 0 Å². The predicted molar refractivity (Wildman–Crippen MR) is 88.9 cm³/mol. The third-order valence-electron chi connectivity index (χ3n) is 3.33.